The number of carbonyl (C=O) groups excluding carboxylic acids is 1. The van der Waals surface area contributed by atoms with E-state index in [2.05, 4.69) is 9.97 Å². The summed E-state index contributed by atoms with van der Waals surface area (Å²) in [7, 11) is 1.82. The Hall–Kier alpha value is -2.50. The zero-order valence-corrected chi connectivity index (χ0v) is 11.2. The first-order chi connectivity index (χ1) is 9.49. The van der Waals surface area contributed by atoms with E-state index < -0.39 is 5.91 Å². The third-order valence-corrected chi connectivity index (χ3v) is 3.17. The van der Waals surface area contributed by atoms with Crippen LogP contribution in [0.3, 0.4) is 0 Å². The van der Waals surface area contributed by atoms with Crippen LogP contribution in [0.5, 0.6) is 0 Å². The van der Waals surface area contributed by atoms with Crippen molar-refractivity contribution >= 4 is 11.7 Å². The van der Waals surface area contributed by atoms with Crippen LogP contribution in [0.4, 0.5) is 10.2 Å². The minimum absolute atomic E-state index is 0.0481. The monoisotopic (exact) mass is 274 g/mol. The standard InChI is InChI=1S/C14H15FN4O/c1-9(10-3-5-11(15)6-4-10)19(2)13-8-17-7-12(18-13)14(16)20/h3-9H,1-2H3,(H2,16,20). The number of amides is 1. The van der Waals surface area contributed by atoms with Gasteiger partial charge in [-0.05, 0) is 24.6 Å². The van der Waals surface area contributed by atoms with Gasteiger partial charge in [-0.15, -0.1) is 0 Å². The van der Waals surface area contributed by atoms with Crippen LogP contribution in [0.1, 0.15) is 29.0 Å². The molecule has 20 heavy (non-hydrogen) atoms. The average molecular weight is 274 g/mol. The first kappa shape index (κ1) is 13.9. The van der Waals surface area contributed by atoms with Gasteiger partial charge < -0.3 is 10.6 Å². The number of benzene rings is 1. The number of nitrogens with zero attached hydrogens (tertiary/aromatic N) is 3. The van der Waals surface area contributed by atoms with E-state index >= 15 is 0 Å². The normalized spacial score (nSPS) is 11.9. The molecule has 0 aliphatic carbocycles. The maximum Gasteiger partial charge on any atom is 0.268 e. The molecule has 0 saturated carbocycles. The molecule has 6 heteroatoms. The maximum absolute atomic E-state index is 12.9. The molecule has 2 N–H and O–H groups in total. The van der Waals surface area contributed by atoms with Crippen molar-refractivity contribution in [1.82, 2.24) is 9.97 Å². The van der Waals surface area contributed by atoms with E-state index in [1.807, 2.05) is 18.9 Å². The second-order valence-corrected chi connectivity index (χ2v) is 4.47. The van der Waals surface area contributed by atoms with Gasteiger partial charge in [0.1, 0.15) is 17.3 Å². The quantitative estimate of drug-likeness (QED) is 0.924. The molecule has 5 nitrogen and oxygen atoms in total. The zero-order chi connectivity index (χ0) is 14.7. The summed E-state index contributed by atoms with van der Waals surface area (Å²) in [6.45, 7) is 1.95. The van der Waals surface area contributed by atoms with Gasteiger partial charge in [0.25, 0.3) is 5.91 Å². The van der Waals surface area contributed by atoms with Gasteiger partial charge in [-0.25, -0.2) is 9.37 Å². The Kier molecular flexibility index (Phi) is 3.93. The Morgan fingerprint density at radius 1 is 1.30 bits per heavy atom. The van der Waals surface area contributed by atoms with Crippen molar-refractivity contribution in [3.63, 3.8) is 0 Å². The highest BCUT2D eigenvalue weighted by atomic mass is 19.1. The largest absolute Gasteiger partial charge is 0.364 e. The van der Waals surface area contributed by atoms with Crippen molar-refractivity contribution in [3.8, 4) is 0 Å². The Bertz CT molecular complexity index is 615. The van der Waals surface area contributed by atoms with Crippen LogP contribution in [0, 0.1) is 5.82 Å². The fraction of sp³-hybridized carbons (Fsp3) is 0.214. The molecule has 1 aromatic heterocycles. The number of primary amides is 1. The maximum atomic E-state index is 12.9. The van der Waals surface area contributed by atoms with Gasteiger partial charge in [-0.3, -0.25) is 9.78 Å². The van der Waals surface area contributed by atoms with E-state index in [0.29, 0.717) is 5.82 Å². The minimum atomic E-state index is -0.623. The highest BCUT2D eigenvalue weighted by molar-refractivity contribution is 5.90. The molecule has 2 aromatic rings. The van der Waals surface area contributed by atoms with E-state index in [0.717, 1.165) is 5.56 Å². The summed E-state index contributed by atoms with van der Waals surface area (Å²) in [6.07, 6.45) is 2.87. The molecular weight excluding hydrogens is 259 g/mol. The molecule has 2 rings (SSSR count). The number of hydrogen-bond donors (Lipinski definition) is 1. The van der Waals surface area contributed by atoms with Gasteiger partial charge >= 0.3 is 0 Å². The summed E-state index contributed by atoms with van der Waals surface area (Å²) < 4.78 is 12.9. The number of anilines is 1. The molecule has 0 bridgehead atoms. The fourth-order valence-electron chi connectivity index (χ4n) is 1.81. The van der Waals surface area contributed by atoms with Crippen LogP contribution in [-0.4, -0.2) is 22.9 Å². The SMILES string of the molecule is CC(c1ccc(F)cc1)N(C)c1cncc(C(N)=O)n1. The Labute approximate surface area is 116 Å². The summed E-state index contributed by atoms with van der Waals surface area (Å²) in [5.74, 6) is -0.376. The Morgan fingerprint density at radius 3 is 2.55 bits per heavy atom. The predicted molar refractivity (Wildman–Crippen MR) is 73.8 cm³/mol. The van der Waals surface area contributed by atoms with E-state index in [-0.39, 0.29) is 17.6 Å². The van der Waals surface area contributed by atoms with Crippen LogP contribution in [-0.2, 0) is 0 Å². The number of rotatable bonds is 4. The summed E-state index contributed by atoms with van der Waals surface area (Å²) in [4.78, 5) is 21.1. The van der Waals surface area contributed by atoms with Crippen molar-refractivity contribution in [1.29, 1.82) is 0 Å². The lowest BCUT2D eigenvalue weighted by molar-refractivity contribution is 0.0995. The second-order valence-electron chi connectivity index (χ2n) is 4.47. The molecule has 0 aliphatic rings. The van der Waals surface area contributed by atoms with Crippen molar-refractivity contribution < 1.29 is 9.18 Å². The number of hydrogen-bond acceptors (Lipinski definition) is 4. The van der Waals surface area contributed by atoms with Crippen LogP contribution in [0.25, 0.3) is 0 Å². The molecule has 0 aliphatic heterocycles. The molecule has 104 valence electrons. The number of halogens is 1. The number of carbonyl (C=O) groups is 1. The van der Waals surface area contributed by atoms with Crippen LogP contribution < -0.4 is 10.6 Å². The number of nitrogens with two attached hydrogens (primary N) is 1. The Balaban J connectivity index is 2.26. The Morgan fingerprint density at radius 2 is 1.95 bits per heavy atom. The molecule has 0 radical (unpaired) electrons. The zero-order valence-electron chi connectivity index (χ0n) is 11.2. The fourth-order valence-corrected chi connectivity index (χ4v) is 1.81. The molecule has 1 atom stereocenters. The van der Waals surface area contributed by atoms with Gasteiger partial charge in [-0.2, -0.15) is 0 Å². The van der Waals surface area contributed by atoms with Crippen LogP contribution in [0.2, 0.25) is 0 Å². The first-order valence-electron chi connectivity index (χ1n) is 6.09. The van der Waals surface area contributed by atoms with E-state index in [4.69, 9.17) is 5.73 Å². The average Bonchev–Trinajstić information content (AvgIpc) is 2.46. The molecule has 0 spiro atoms. The molecule has 1 amide bonds. The summed E-state index contributed by atoms with van der Waals surface area (Å²) in [5, 5.41) is 0. The third-order valence-electron chi connectivity index (χ3n) is 3.17. The molecule has 0 fully saturated rings. The highest BCUT2D eigenvalue weighted by Crippen LogP contribution is 2.23. The minimum Gasteiger partial charge on any atom is -0.364 e. The molecular formula is C14H15FN4O. The first-order valence-corrected chi connectivity index (χ1v) is 6.09. The van der Waals surface area contributed by atoms with Gasteiger partial charge in [0.2, 0.25) is 0 Å². The van der Waals surface area contributed by atoms with E-state index in [1.165, 1.54) is 18.3 Å². The summed E-state index contributed by atoms with van der Waals surface area (Å²) >= 11 is 0. The lowest BCUT2D eigenvalue weighted by atomic mass is 10.1. The van der Waals surface area contributed by atoms with Crippen molar-refractivity contribution in [2.75, 3.05) is 11.9 Å². The molecule has 1 aromatic carbocycles. The predicted octanol–water partition coefficient (Wildman–Crippen LogP) is 1.91. The third kappa shape index (κ3) is 2.90. The smallest absolute Gasteiger partial charge is 0.268 e. The topological polar surface area (TPSA) is 72.1 Å². The summed E-state index contributed by atoms with van der Waals surface area (Å²) in [5.41, 5.74) is 6.23. The van der Waals surface area contributed by atoms with Crippen molar-refractivity contribution in [3.05, 3.63) is 53.7 Å². The lowest BCUT2D eigenvalue weighted by Gasteiger charge is -2.26. The lowest BCUT2D eigenvalue weighted by Crippen LogP contribution is -2.24. The number of aromatic nitrogens is 2. The van der Waals surface area contributed by atoms with Gasteiger partial charge in [-0.1, -0.05) is 12.1 Å². The van der Waals surface area contributed by atoms with Crippen molar-refractivity contribution in [2.45, 2.75) is 13.0 Å². The van der Waals surface area contributed by atoms with E-state index in [9.17, 15) is 9.18 Å². The molecule has 1 heterocycles. The van der Waals surface area contributed by atoms with Gasteiger partial charge in [0.15, 0.2) is 0 Å². The highest BCUT2D eigenvalue weighted by Gasteiger charge is 2.15. The molecule has 1 unspecified atom stereocenters. The van der Waals surface area contributed by atoms with Gasteiger partial charge in [0, 0.05) is 7.05 Å². The van der Waals surface area contributed by atoms with Gasteiger partial charge in [0.05, 0.1) is 18.4 Å². The van der Waals surface area contributed by atoms with Crippen molar-refractivity contribution in [2.24, 2.45) is 5.73 Å². The van der Waals surface area contributed by atoms with Crippen LogP contribution in [0.15, 0.2) is 36.7 Å². The van der Waals surface area contributed by atoms with E-state index in [1.54, 1.807) is 18.3 Å². The summed E-state index contributed by atoms with van der Waals surface area (Å²) in [6, 6.07) is 6.19. The van der Waals surface area contributed by atoms with Crippen LogP contribution >= 0.6 is 0 Å². The second kappa shape index (κ2) is 5.64. The molecule has 0 saturated heterocycles.